The molecule has 2 aliphatic rings. The molecule has 1 N–H and O–H groups in total. The molecule has 2 bridgehead atoms. The van der Waals surface area contributed by atoms with Crippen molar-refractivity contribution in [2.24, 2.45) is 5.92 Å². The minimum absolute atomic E-state index is 0.0105. The lowest BCUT2D eigenvalue weighted by atomic mass is 9.95. The quantitative estimate of drug-likeness (QED) is 0.276. The van der Waals surface area contributed by atoms with Crippen LogP contribution in [-0.2, 0) is 6.42 Å². The van der Waals surface area contributed by atoms with Gasteiger partial charge in [-0.1, -0.05) is 41.1 Å². The Balaban J connectivity index is 1.37. The van der Waals surface area contributed by atoms with E-state index in [0.717, 1.165) is 46.4 Å². The molecule has 1 amide bonds. The maximum absolute atomic E-state index is 14.3. The van der Waals surface area contributed by atoms with Crippen molar-refractivity contribution in [1.29, 1.82) is 0 Å². The number of likely N-dealkylation sites (tertiary alicyclic amines) is 1. The molecule has 2 aromatic carbocycles. The fourth-order valence-electron chi connectivity index (χ4n) is 5.80. The number of hydrogen-bond donors (Lipinski definition) is 1. The number of carboxylic acids is 1. The minimum Gasteiger partial charge on any atom is -0.478 e. The second-order valence-electron chi connectivity index (χ2n) is 9.98. The number of rotatable bonds is 7. The van der Waals surface area contributed by atoms with E-state index in [1.54, 1.807) is 12.1 Å². The Morgan fingerprint density at radius 1 is 1.16 bits per heavy atom. The molecule has 1 saturated carbocycles. The fraction of sp³-hybridized carbons (Fsp3) is 0.357. The molecule has 1 aliphatic carbocycles. The summed E-state index contributed by atoms with van der Waals surface area (Å²) in [5.74, 6) is -0.593. The van der Waals surface area contributed by atoms with Crippen molar-refractivity contribution in [2.45, 2.75) is 44.7 Å². The lowest BCUT2D eigenvalue weighted by Crippen LogP contribution is -2.46. The van der Waals surface area contributed by atoms with Gasteiger partial charge < -0.3 is 14.9 Å². The molecule has 2 aromatic heterocycles. The molecule has 4 aromatic rings. The van der Waals surface area contributed by atoms with Crippen molar-refractivity contribution in [1.82, 2.24) is 14.9 Å². The van der Waals surface area contributed by atoms with E-state index in [1.165, 1.54) is 22.7 Å². The number of nitrogens with zero attached hydrogens (tertiary/aromatic N) is 4. The third kappa shape index (κ3) is 4.36. The predicted molar refractivity (Wildman–Crippen MR) is 153 cm³/mol. The fourth-order valence-corrected chi connectivity index (χ4v) is 8.19. The number of carboxylic acid groups (broad SMARTS) is 1. The van der Waals surface area contributed by atoms with Crippen molar-refractivity contribution in [3.8, 4) is 10.4 Å². The molecule has 1 aliphatic heterocycles. The average molecular weight is 567 g/mol. The standard InChI is InChI=1S/C28H27ClN4O3S2/c1-3-32(2)28-31-23(24(38-28)16-6-4-7-17(29)12-16)26(34)33-18-11-10-15(13-18)21(33)14-22-30-20-9-5-8-19(27(35)36)25(20)37-22/h4-9,12,15,18,21H,3,10-11,13-14H2,1-2H3,(H,35,36). The SMILES string of the molecule is CCN(C)c1nc(C(=O)N2C3CCC(C3)C2Cc2nc3cccc(C(=O)O)c3s2)c(-c2cccc(Cl)c2)s1. The summed E-state index contributed by atoms with van der Waals surface area (Å²) in [5.41, 5.74) is 2.33. The topological polar surface area (TPSA) is 86.6 Å². The monoisotopic (exact) mass is 566 g/mol. The van der Waals surface area contributed by atoms with Crippen LogP contribution in [0.5, 0.6) is 0 Å². The molecule has 0 spiro atoms. The van der Waals surface area contributed by atoms with Gasteiger partial charge in [-0.15, -0.1) is 11.3 Å². The zero-order chi connectivity index (χ0) is 26.6. The number of aromatic nitrogens is 2. The smallest absolute Gasteiger partial charge is 0.337 e. The summed E-state index contributed by atoms with van der Waals surface area (Å²) in [6, 6.07) is 13.0. The van der Waals surface area contributed by atoms with Gasteiger partial charge in [0.2, 0.25) is 0 Å². The number of hydrogen-bond acceptors (Lipinski definition) is 7. The molecular weight excluding hydrogens is 540 g/mol. The van der Waals surface area contributed by atoms with Gasteiger partial charge in [-0.2, -0.15) is 0 Å². The molecule has 7 nitrogen and oxygen atoms in total. The Morgan fingerprint density at radius 3 is 2.74 bits per heavy atom. The number of carbonyl (C=O) groups excluding carboxylic acids is 1. The number of aromatic carboxylic acids is 1. The summed E-state index contributed by atoms with van der Waals surface area (Å²) in [6.45, 7) is 2.84. The Bertz CT molecular complexity index is 1550. The van der Waals surface area contributed by atoms with Crippen LogP contribution < -0.4 is 4.90 Å². The Kier molecular flexibility index (Phi) is 6.62. The molecule has 3 atom stereocenters. The molecule has 6 rings (SSSR count). The van der Waals surface area contributed by atoms with Gasteiger partial charge in [0.05, 0.1) is 25.7 Å². The van der Waals surface area contributed by atoms with Gasteiger partial charge in [0, 0.05) is 37.1 Å². The zero-order valence-corrected chi connectivity index (χ0v) is 23.4. The first kappa shape index (κ1) is 25.3. The molecular formula is C28H27ClN4O3S2. The molecule has 38 heavy (non-hydrogen) atoms. The predicted octanol–water partition coefficient (Wildman–Crippen LogP) is 6.46. The van der Waals surface area contributed by atoms with Gasteiger partial charge in [0.25, 0.3) is 5.91 Å². The van der Waals surface area contributed by atoms with Gasteiger partial charge in [-0.25, -0.2) is 14.8 Å². The molecule has 196 valence electrons. The lowest BCUT2D eigenvalue weighted by Gasteiger charge is -2.35. The van der Waals surface area contributed by atoms with Gasteiger partial charge in [0.15, 0.2) is 5.13 Å². The maximum atomic E-state index is 14.3. The van der Waals surface area contributed by atoms with Crippen molar-refractivity contribution in [2.75, 3.05) is 18.5 Å². The van der Waals surface area contributed by atoms with Crippen LogP contribution in [-0.4, -0.2) is 57.5 Å². The average Bonchev–Trinajstić information content (AvgIpc) is 3.70. The van der Waals surface area contributed by atoms with Gasteiger partial charge in [-0.3, -0.25) is 4.79 Å². The highest BCUT2D eigenvalue weighted by Gasteiger charge is 2.49. The largest absolute Gasteiger partial charge is 0.478 e. The van der Waals surface area contributed by atoms with E-state index in [9.17, 15) is 14.7 Å². The van der Waals surface area contributed by atoms with E-state index in [2.05, 4.69) is 11.8 Å². The first-order chi connectivity index (χ1) is 18.3. The Labute approximate surface area is 233 Å². The van der Waals surface area contributed by atoms with Crippen LogP contribution in [0.2, 0.25) is 5.02 Å². The van der Waals surface area contributed by atoms with Crippen LogP contribution in [0.4, 0.5) is 5.13 Å². The third-order valence-corrected chi connectivity index (χ3v) is 10.3. The summed E-state index contributed by atoms with van der Waals surface area (Å²) >= 11 is 9.26. The number of anilines is 1. The Morgan fingerprint density at radius 2 is 1.97 bits per heavy atom. The third-order valence-electron chi connectivity index (χ3n) is 7.75. The Hall–Kier alpha value is -3.01. The molecule has 3 unspecified atom stereocenters. The van der Waals surface area contributed by atoms with E-state index in [4.69, 9.17) is 21.6 Å². The highest BCUT2D eigenvalue weighted by Crippen LogP contribution is 2.46. The van der Waals surface area contributed by atoms with Gasteiger partial charge >= 0.3 is 5.97 Å². The summed E-state index contributed by atoms with van der Waals surface area (Å²) in [5, 5.41) is 11.9. The van der Waals surface area contributed by atoms with Crippen LogP contribution in [0.25, 0.3) is 20.7 Å². The van der Waals surface area contributed by atoms with E-state index in [-0.39, 0.29) is 23.6 Å². The first-order valence-corrected chi connectivity index (χ1v) is 14.8. The summed E-state index contributed by atoms with van der Waals surface area (Å²) < 4.78 is 0.686. The second-order valence-corrected chi connectivity index (χ2v) is 12.5. The van der Waals surface area contributed by atoms with Crippen LogP contribution in [0.15, 0.2) is 42.5 Å². The van der Waals surface area contributed by atoms with E-state index < -0.39 is 5.97 Å². The highest BCUT2D eigenvalue weighted by molar-refractivity contribution is 7.19. The summed E-state index contributed by atoms with van der Waals surface area (Å²) in [7, 11) is 1.98. The van der Waals surface area contributed by atoms with E-state index >= 15 is 0 Å². The number of carbonyl (C=O) groups is 2. The van der Waals surface area contributed by atoms with Crippen molar-refractivity contribution in [3.63, 3.8) is 0 Å². The first-order valence-electron chi connectivity index (χ1n) is 12.8. The van der Waals surface area contributed by atoms with Crippen LogP contribution in [0.1, 0.15) is 52.0 Å². The van der Waals surface area contributed by atoms with Crippen LogP contribution in [0, 0.1) is 5.92 Å². The lowest BCUT2D eigenvalue weighted by molar-refractivity contribution is 0.0587. The summed E-state index contributed by atoms with van der Waals surface area (Å²) in [4.78, 5) is 40.6. The molecule has 1 saturated heterocycles. The molecule has 0 radical (unpaired) electrons. The number of thiazole rings is 2. The van der Waals surface area contributed by atoms with Crippen LogP contribution in [0.3, 0.4) is 0 Å². The van der Waals surface area contributed by atoms with Crippen LogP contribution >= 0.6 is 34.3 Å². The van der Waals surface area contributed by atoms with Crippen molar-refractivity contribution >= 4 is 61.5 Å². The number of amides is 1. The number of benzene rings is 2. The molecule has 10 heteroatoms. The van der Waals surface area contributed by atoms with Gasteiger partial charge in [-0.05, 0) is 61.9 Å². The molecule has 2 fully saturated rings. The zero-order valence-electron chi connectivity index (χ0n) is 21.1. The number of piperidine rings is 1. The van der Waals surface area contributed by atoms with E-state index in [0.29, 0.717) is 33.3 Å². The normalized spacial score (nSPS) is 20.4. The molecule has 3 heterocycles. The number of halogens is 1. The maximum Gasteiger partial charge on any atom is 0.337 e. The van der Waals surface area contributed by atoms with Crippen molar-refractivity contribution < 1.29 is 14.7 Å². The number of fused-ring (bicyclic) bond motifs is 3. The highest BCUT2D eigenvalue weighted by atomic mass is 35.5. The minimum atomic E-state index is -0.951. The second kappa shape index (κ2) is 9.94. The van der Waals surface area contributed by atoms with Crippen molar-refractivity contribution in [3.05, 3.63) is 63.8 Å². The summed E-state index contributed by atoms with van der Waals surface area (Å²) in [6.07, 6.45) is 3.68. The van der Waals surface area contributed by atoms with E-state index in [1.807, 2.05) is 42.3 Å². The van der Waals surface area contributed by atoms with Gasteiger partial charge in [0.1, 0.15) is 5.69 Å².